The van der Waals surface area contributed by atoms with Gasteiger partial charge in [0.2, 0.25) is 5.52 Å². The molecule has 0 saturated heterocycles. The first-order chi connectivity index (χ1) is 10.8. The molecule has 0 spiro atoms. The molecule has 0 saturated carbocycles. The average Bonchev–Trinajstić information content (AvgIpc) is 2.55. The number of nitrogens with one attached hydrogen (secondary N) is 1. The van der Waals surface area contributed by atoms with E-state index in [-0.39, 0.29) is 0 Å². The summed E-state index contributed by atoms with van der Waals surface area (Å²) in [6, 6.07) is 23.4. The number of rotatable bonds is 2. The molecule has 0 aliphatic heterocycles. The van der Waals surface area contributed by atoms with Crippen LogP contribution in [0.3, 0.4) is 0 Å². The summed E-state index contributed by atoms with van der Waals surface area (Å²) in [4.78, 5) is 0. The summed E-state index contributed by atoms with van der Waals surface area (Å²) in [6.07, 6.45) is 4.24. The Bertz CT molecular complexity index is 956. The Morgan fingerprint density at radius 2 is 1.59 bits per heavy atom. The van der Waals surface area contributed by atoms with E-state index in [1.54, 1.807) is 0 Å². The van der Waals surface area contributed by atoms with Crippen molar-refractivity contribution in [2.75, 3.05) is 5.32 Å². The highest BCUT2D eigenvalue weighted by Gasteiger charge is 2.05. The van der Waals surface area contributed by atoms with Crippen LogP contribution < -0.4 is 9.72 Å². The van der Waals surface area contributed by atoms with E-state index in [2.05, 4.69) is 89.7 Å². The Morgan fingerprint density at radius 3 is 2.45 bits per heavy atom. The minimum atomic E-state index is 1.11. The first-order valence-electron chi connectivity index (χ1n) is 7.45. The maximum absolute atomic E-state index is 3.46. The third-order valence-corrected chi connectivity index (χ3v) is 3.93. The zero-order valence-corrected chi connectivity index (χ0v) is 12.5. The minimum absolute atomic E-state index is 1.11. The molecule has 2 nitrogen and oxygen atoms in total. The van der Waals surface area contributed by atoms with E-state index >= 15 is 0 Å². The van der Waals surface area contributed by atoms with Gasteiger partial charge < -0.3 is 5.32 Å². The van der Waals surface area contributed by atoms with Crippen LogP contribution in [0.4, 0.5) is 11.4 Å². The number of nitrogens with zero attached hydrogens (tertiary/aromatic N) is 1. The van der Waals surface area contributed by atoms with Gasteiger partial charge in [0.25, 0.3) is 0 Å². The van der Waals surface area contributed by atoms with Crippen molar-refractivity contribution in [1.82, 2.24) is 0 Å². The summed E-state index contributed by atoms with van der Waals surface area (Å²) in [5, 5.41) is 5.94. The molecule has 0 atom stereocenters. The van der Waals surface area contributed by atoms with Gasteiger partial charge >= 0.3 is 0 Å². The van der Waals surface area contributed by atoms with Gasteiger partial charge in [0, 0.05) is 35.0 Å². The van der Waals surface area contributed by atoms with Gasteiger partial charge in [-0.1, -0.05) is 17.7 Å². The normalized spacial score (nSPS) is 11.0. The number of hydrogen-bond acceptors (Lipinski definition) is 1. The smallest absolute Gasteiger partial charge is 0.211 e. The summed E-state index contributed by atoms with van der Waals surface area (Å²) in [6.45, 7) is 2.10. The Morgan fingerprint density at radius 1 is 0.773 bits per heavy atom. The van der Waals surface area contributed by atoms with E-state index in [0.717, 1.165) is 11.4 Å². The van der Waals surface area contributed by atoms with E-state index < -0.39 is 0 Å². The minimum Gasteiger partial charge on any atom is -0.356 e. The average molecular weight is 285 g/mol. The SMILES string of the molecule is Cc1ccc(Nc2ccc3c[n+]4ccccc4cc3c2)cc1. The van der Waals surface area contributed by atoms with Crippen LogP contribution in [-0.2, 0) is 0 Å². The molecule has 106 valence electrons. The van der Waals surface area contributed by atoms with E-state index in [1.807, 2.05) is 6.07 Å². The molecule has 0 aliphatic carbocycles. The van der Waals surface area contributed by atoms with E-state index in [0.29, 0.717) is 0 Å². The van der Waals surface area contributed by atoms with Gasteiger partial charge in [-0.2, -0.15) is 4.40 Å². The van der Waals surface area contributed by atoms with Crippen LogP contribution in [0, 0.1) is 6.92 Å². The quantitative estimate of drug-likeness (QED) is 0.419. The van der Waals surface area contributed by atoms with Crippen molar-refractivity contribution in [3.05, 3.63) is 84.7 Å². The molecule has 0 unspecified atom stereocenters. The highest BCUT2D eigenvalue weighted by Crippen LogP contribution is 2.22. The van der Waals surface area contributed by atoms with Crippen molar-refractivity contribution in [2.24, 2.45) is 0 Å². The van der Waals surface area contributed by atoms with E-state index in [1.165, 1.54) is 21.9 Å². The van der Waals surface area contributed by atoms with Crippen LogP contribution in [0.15, 0.2) is 79.1 Å². The van der Waals surface area contributed by atoms with Crippen molar-refractivity contribution < 1.29 is 4.40 Å². The van der Waals surface area contributed by atoms with Crippen molar-refractivity contribution in [3.8, 4) is 0 Å². The molecule has 2 aromatic carbocycles. The molecule has 0 fully saturated rings. The second-order valence-electron chi connectivity index (χ2n) is 5.64. The molecule has 2 heteroatoms. The zero-order chi connectivity index (χ0) is 14.9. The van der Waals surface area contributed by atoms with Gasteiger partial charge in [-0.25, -0.2) is 0 Å². The van der Waals surface area contributed by atoms with Crippen molar-refractivity contribution in [3.63, 3.8) is 0 Å². The molecule has 4 aromatic rings. The molecule has 0 aliphatic rings. The molecule has 4 rings (SSSR count). The lowest BCUT2D eigenvalue weighted by molar-refractivity contribution is -0.510. The fourth-order valence-electron chi connectivity index (χ4n) is 2.72. The van der Waals surface area contributed by atoms with Gasteiger partial charge in [-0.15, -0.1) is 0 Å². The molecule has 0 amide bonds. The Labute approximate surface area is 129 Å². The van der Waals surface area contributed by atoms with Gasteiger partial charge in [0.1, 0.15) is 0 Å². The summed E-state index contributed by atoms with van der Waals surface area (Å²) >= 11 is 0. The van der Waals surface area contributed by atoms with Crippen LogP contribution in [0.2, 0.25) is 0 Å². The van der Waals surface area contributed by atoms with Crippen molar-refractivity contribution in [2.45, 2.75) is 6.92 Å². The molecule has 1 N–H and O–H groups in total. The summed E-state index contributed by atoms with van der Waals surface area (Å²) < 4.78 is 2.15. The Hall–Kier alpha value is -2.87. The standard InChI is InChI=1S/C20H16N2/c1-15-5-8-18(9-6-15)21-19-10-7-16-14-22-11-3-2-4-20(22)13-17(16)12-19/h2-14H,1H3/p+1. The largest absolute Gasteiger partial charge is 0.356 e. The Balaban J connectivity index is 1.76. The zero-order valence-electron chi connectivity index (χ0n) is 12.5. The number of pyridine rings is 2. The molecule has 2 aromatic heterocycles. The third-order valence-electron chi connectivity index (χ3n) is 3.93. The first-order valence-corrected chi connectivity index (χ1v) is 7.45. The highest BCUT2D eigenvalue weighted by molar-refractivity contribution is 5.87. The van der Waals surface area contributed by atoms with Crippen LogP contribution in [-0.4, -0.2) is 0 Å². The fraction of sp³-hybridized carbons (Fsp3) is 0.0500. The number of aromatic nitrogens is 1. The second kappa shape index (κ2) is 5.15. The predicted octanol–water partition coefficient (Wildman–Crippen LogP) is 4.63. The molecular weight excluding hydrogens is 268 g/mol. The van der Waals surface area contributed by atoms with Gasteiger partial charge in [-0.05, 0) is 48.7 Å². The van der Waals surface area contributed by atoms with Crippen LogP contribution >= 0.6 is 0 Å². The predicted molar refractivity (Wildman–Crippen MR) is 91.6 cm³/mol. The summed E-state index contributed by atoms with van der Waals surface area (Å²) in [5.41, 5.74) is 4.69. The third kappa shape index (κ3) is 2.40. The number of aryl methyl sites for hydroxylation is 1. The highest BCUT2D eigenvalue weighted by atomic mass is 14.9. The molecule has 0 radical (unpaired) electrons. The van der Waals surface area contributed by atoms with Crippen molar-refractivity contribution in [1.29, 1.82) is 0 Å². The number of fused-ring (bicyclic) bond motifs is 2. The molecule has 2 heterocycles. The summed E-state index contributed by atoms with van der Waals surface area (Å²) in [7, 11) is 0. The number of hydrogen-bond donors (Lipinski definition) is 1. The topological polar surface area (TPSA) is 16.1 Å². The lowest BCUT2D eigenvalue weighted by atomic mass is 10.1. The number of anilines is 2. The maximum Gasteiger partial charge on any atom is 0.211 e. The maximum atomic E-state index is 3.46. The van der Waals surface area contributed by atoms with Gasteiger partial charge in [0.05, 0.1) is 0 Å². The Kier molecular flexibility index (Phi) is 3.01. The van der Waals surface area contributed by atoms with E-state index in [9.17, 15) is 0 Å². The first kappa shape index (κ1) is 12.8. The van der Waals surface area contributed by atoms with Gasteiger partial charge in [-0.3, -0.25) is 0 Å². The van der Waals surface area contributed by atoms with Crippen LogP contribution in [0.5, 0.6) is 0 Å². The molecule has 0 bridgehead atoms. The number of benzene rings is 2. The van der Waals surface area contributed by atoms with Crippen LogP contribution in [0.25, 0.3) is 16.3 Å². The molecule has 22 heavy (non-hydrogen) atoms. The second-order valence-corrected chi connectivity index (χ2v) is 5.64. The summed E-state index contributed by atoms with van der Waals surface area (Å²) in [5.74, 6) is 0. The fourth-order valence-corrected chi connectivity index (χ4v) is 2.72. The van der Waals surface area contributed by atoms with Crippen molar-refractivity contribution >= 4 is 27.7 Å². The lowest BCUT2D eigenvalue weighted by Crippen LogP contribution is -2.19. The van der Waals surface area contributed by atoms with Crippen LogP contribution in [0.1, 0.15) is 5.56 Å². The van der Waals surface area contributed by atoms with Gasteiger partial charge in [0.15, 0.2) is 12.4 Å². The monoisotopic (exact) mass is 285 g/mol. The lowest BCUT2D eigenvalue weighted by Gasteiger charge is -2.07. The van der Waals surface area contributed by atoms with E-state index in [4.69, 9.17) is 0 Å². The molecular formula is C20H17N2+.